The summed E-state index contributed by atoms with van der Waals surface area (Å²) in [7, 11) is 0. The summed E-state index contributed by atoms with van der Waals surface area (Å²) in [6.45, 7) is 4.81. The molecule has 3 N–H and O–H groups in total. The lowest BCUT2D eigenvalue weighted by molar-refractivity contribution is -0.384. The molecule has 0 saturated carbocycles. The third-order valence-electron chi connectivity index (χ3n) is 2.90. The monoisotopic (exact) mass is 282 g/mol. The molecule has 0 fully saturated rings. The van der Waals surface area contributed by atoms with Crippen LogP contribution in [0, 0.1) is 17.0 Å². The number of non-ortho nitro benzene ring substituents is 1. The fourth-order valence-corrected chi connectivity index (χ4v) is 1.82. The van der Waals surface area contributed by atoms with Crippen LogP contribution >= 0.6 is 0 Å². The highest BCUT2D eigenvalue weighted by Gasteiger charge is 2.30. The first-order valence-electron chi connectivity index (χ1n) is 6.07. The average Bonchev–Trinajstić information content (AvgIpc) is 2.30. The molecule has 0 aliphatic carbocycles. The van der Waals surface area contributed by atoms with Crippen LogP contribution in [0.1, 0.15) is 25.8 Å². The second-order valence-corrected chi connectivity index (χ2v) is 5.06. The molecular formula is C13H18N2O5. The number of rotatable bonds is 6. The number of nitro groups is 1. The number of carbonyl (C=O) groups is 1. The molecule has 1 aromatic rings. The van der Waals surface area contributed by atoms with Gasteiger partial charge >= 0.3 is 5.97 Å². The summed E-state index contributed by atoms with van der Waals surface area (Å²) in [5.74, 6) is -0.627. The Morgan fingerprint density at radius 1 is 1.60 bits per heavy atom. The number of hydrogen-bond donors (Lipinski definition) is 2. The van der Waals surface area contributed by atoms with E-state index in [0.717, 1.165) is 0 Å². The Morgan fingerprint density at radius 2 is 2.20 bits per heavy atom. The summed E-state index contributed by atoms with van der Waals surface area (Å²) in [6, 6.07) is 4.24. The lowest BCUT2D eigenvalue weighted by Crippen LogP contribution is -2.47. The Kier molecular flexibility index (Phi) is 4.67. The zero-order valence-electron chi connectivity index (χ0n) is 11.6. The number of nitrogens with two attached hydrogens (primary N) is 1. The van der Waals surface area contributed by atoms with Crippen LogP contribution in [0.25, 0.3) is 0 Å². The predicted molar refractivity (Wildman–Crippen MR) is 72.8 cm³/mol. The van der Waals surface area contributed by atoms with Crippen LogP contribution in [-0.2, 0) is 4.79 Å². The zero-order chi connectivity index (χ0) is 15.5. The first-order chi connectivity index (χ1) is 9.13. The van der Waals surface area contributed by atoms with Gasteiger partial charge in [-0.05, 0) is 32.4 Å². The topological polar surface area (TPSA) is 116 Å². The highest BCUT2D eigenvalue weighted by Crippen LogP contribution is 2.25. The number of nitrogens with zero attached hydrogens (tertiary/aromatic N) is 1. The van der Waals surface area contributed by atoms with Crippen LogP contribution in [0.5, 0.6) is 5.75 Å². The molecule has 0 heterocycles. The smallest absolute Gasteiger partial charge is 0.323 e. The predicted octanol–water partition coefficient (Wildman–Crippen LogP) is 1.86. The van der Waals surface area contributed by atoms with Crippen LogP contribution < -0.4 is 10.5 Å². The molecule has 0 saturated heterocycles. The van der Waals surface area contributed by atoms with Crippen molar-refractivity contribution in [2.24, 2.45) is 5.73 Å². The van der Waals surface area contributed by atoms with E-state index in [1.165, 1.54) is 25.1 Å². The Morgan fingerprint density at radius 3 is 2.65 bits per heavy atom. The van der Waals surface area contributed by atoms with Crippen LogP contribution in [0.2, 0.25) is 0 Å². The van der Waals surface area contributed by atoms with E-state index in [-0.39, 0.29) is 12.1 Å². The molecule has 0 aliphatic rings. The summed E-state index contributed by atoms with van der Waals surface area (Å²) in [4.78, 5) is 21.1. The number of ether oxygens (including phenoxy) is 1. The molecule has 1 rings (SSSR count). The minimum Gasteiger partial charge on any atom is -0.490 e. The molecule has 1 aromatic carbocycles. The number of aryl methyl sites for hydroxylation is 1. The highest BCUT2D eigenvalue weighted by molar-refractivity contribution is 5.77. The summed E-state index contributed by atoms with van der Waals surface area (Å²) < 4.78 is 5.60. The third kappa shape index (κ3) is 3.92. The molecule has 110 valence electrons. The molecule has 0 radical (unpaired) electrons. The fourth-order valence-electron chi connectivity index (χ4n) is 1.82. The van der Waals surface area contributed by atoms with Gasteiger partial charge in [-0.25, -0.2) is 0 Å². The summed E-state index contributed by atoms with van der Waals surface area (Å²) >= 11 is 0. The van der Waals surface area contributed by atoms with E-state index in [2.05, 4.69) is 0 Å². The minimum atomic E-state index is -1.38. The van der Waals surface area contributed by atoms with Gasteiger partial charge < -0.3 is 15.6 Å². The van der Waals surface area contributed by atoms with Crippen LogP contribution in [0.15, 0.2) is 18.2 Å². The maximum atomic E-state index is 10.9. The van der Waals surface area contributed by atoms with E-state index in [1.54, 1.807) is 13.8 Å². The SMILES string of the molecule is Cc1cc([N+](=O)[O-])ccc1OC(C)CC(C)(N)C(=O)O. The van der Waals surface area contributed by atoms with Crippen molar-refractivity contribution < 1.29 is 19.6 Å². The highest BCUT2D eigenvalue weighted by atomic mass is 16.6. The van der Waals surface area contributed by atoms with Gasteiger partial charge in [-0.15, -0.1) is 0 Å². The third-order valence-corrected chi connectivity index (χ3v) is 2.90. The Hall–Kier alpha value is -2.15. The largest absolute Gasteiger partial charge is 0.490 e. The molecule has 0 spiro atoms. The van der Waals surface area contributed by atoms with E-state index in [9.17, 15) is 14.9 Å². The summed E-state index contributed by atoms with van der Waals surface area (Å²) in [5, 5.41) is 19.6. The lowest BCUT2D eigenvalue weighted by atomic mass is 9.96. The zero-order valence-corrected chi connectivity index (χ0v) is 11.6. The Labute approximate surface area is 116 Å². The van der Waals surface area contributed by atoms with Gasteiger partial charge in [0.2, 0.25) is 0 Å². The van der Waals surface area contributed by atoms with Gasteiger partial charge in [-0.1, -0.05) is 0 Å². The van der Waals surface area contributed by atoms with Gasteiger partial charge in [0.15, 0.2) is 0 Å². The number of carboxylic acid groups (broad SMARTS) is 1. The first kappa shape index (κ1) is 15.9. The second-order valence-electron chi connectivity index (χ2n) is 5.06. The maximum Gasteiger partial charge on any atom is 0.323 e. The number of hydrogen-bond acceptors (Lipinski definition) is 5. The minimum absolute atomic E-state index is 0.0169. The van der Waals surface area contributed by atoms with Gasteiger partial charge in [0.25, 0.3) is 5.69 Å². The Bertz CT molecular complexity index is 527. The molecule has 20 heavy (non-hydrogen) atoms. The van der Waals surface area contributed by atoms with Gasteiger partial charge in [-0.2, -0.15) is 0 Å². The molecule has 2 unspecified atom stereocenters. The standard InChI is InChI=1S/C13H18N2O5/c1-8-6-10(15(18)19)4-5-11(8)20-9(2)7-13(3,14)12(16)17/h4-6,9H,7,14H2,1-3H3,(H,16,17). The maximum absolute atomic E-state index is 10.9. The van der Waals surface area contributed by atoms with Crippen LogP contribution in [0.4, 0.5) is 5.69 Å². The summed E-state index contributed by atoms with van der Waals surface area (Å²) in [5.41, 5.74) is 4.86. The van der Waals surface area contributed by atoms with E-state index in [0.29, 0.717) is 11.3 Å². The number of nitro benzene ring substituents is 1. The fraction of sp³-hybridized carbons (Fsp3) is 0.462. The quantitative estimate of drug-likeness (QED) is 0.607. The van der Waals surface area contributed by atoms with Crippen molar-refractivity contribution in [1.82, 2.24) is 0 Å². The number of carboxylic acids is 1. The van der Waals surface area contributed by atoms with E-state index in [4.69, 9.17) is 15.6 Å². The average molecular weight is 282 g/mol. The van der Waals surface area contributed by atoms with E-state index >= 15 is 0 Å². The second kappa shape index (κ2) is 5.87. The molecule has 2 atom stereocenters. The summed E-state index contributed by atoms with van der Waals surface area (Å²) in [6.07, 6.45) is -0.306. The van der Waals surface area contributed by atoms with Crippen molar-refractivity contribution in [2.75, 3.05) is 0 Å². The van der Waals surface area contributed by atoms with Crippen molar-refractivity contribution in [3.05, 3.63) is 33.9 Å². The number of benzene rings is 1. The first-order valence-corrected chi connectivity index (χ1v) is 6.07. The van der Waals surface area contributed by atoms with Gasteiger partial charge in [0, 0.05) is 18.6 Å². The van der Waals surface area contributed by atoms with E-state index < -0.39 is 22.5 Å². The molecular weight excluding hydrogens is 264 g/mol. The van der Waals surface area contributed by atoms with Crippen molar-refractivity contribution >= 4 is 11.7 Å². The van der Waals surface area contributed by atoms with Crippen molar-refractivity contribution in [3.8, 4) is 5.75 Å². The van der Waals surface area contributed by atoms with Crippen molar-refractivity contribution in [1.29, 1.82) is 0 Å². The van der Waals surface area contributed by atoms with Gasteiger partial charge in [0.05, 0.1) is 11.0 Å². The van der Waals surface area contributed by atoms with E-state index in [1.807, 2.05) is 0 Å². The number of aliphatic carboxylic acids is 1. The normalized spacial score (nSPS) is 15.2. The molecule has 0 aliphatic heterocycles. The van der Waals surface area contributed by atoms with Crippen molar-refractivity contribution in [2.45, 2.75) is 38.8 Å². The van der Waals surface area contributed by atoms with Gasteiger partial charge in [-0.3, -0.25) is 14.9 Å². The van der Waals surface area contributed by atoms with Crippen LogP contribution in [0.3, 0.4) is 0 Å². The molecule has 0 aromatic heterocycles. The molecule has 7 heteroatoms. The Balaban J connectivity index is 2.79. The lowest BCUT2D eigenvalue weighted by Gasteiger charge is -2.24. The molecule has 0 bridgehead atoms. The molecule has 0 amide bonds. The van der Waals surface area contributed by atoms with Gasteiger partial charge in [0.1, 0.15) is 11.3 Å². The van der Waals surface area contributed by atoms with Crippen LogP contribution in [-0.4, -0.2) is 27.6 Å². The molecule has 7 nitrogen and oxygen atoms in total. The van der Waals surface area contributed by atoms with Crippen molar-refractivity contribution in [3.63, 3.8) is 0 Å².